The molecule has 2 rings (SSSR count). The largest absolute Gasteiger partial charge is 0.489 e. The quantitative estimate of drug-likeness (QED) is 0.872. The Bertz CT molecular complexity index is 336. The Balaban J connectivity index is 2.03. The molecule has 1 aliphatic heterocycles. The molecule has 1 N–H and O–H groups in total. The van der Waals surface area contributed by atoms with Gasteiger partial charge >= 0.3 is 0 Å². The third-order valence-corrected chi connectivity index (χ3v) is 3.45. The van der Waals surface area contributed by atoms with Gasteiger partial charge in [0.05, 0.1) is 5.02 Å². The third kappa shape index (κ3) is 2.69. The fourth-order valence-electron chi connectivity index (χ4n) is 2.21. The van der Waals surface area contributed by atoms with E-state index in [0.29, 0.717) is 10.9 Å². The summed E-state index contributed by atoms with van der Waals surface area (Å²) >= 11 is 6.09. The Labute approximate surface area is 102 Å². The van der Waals surface area contributed by atoms with Crippen molar-refractivity contribution < 1.29 is 4.74 Å². The molecule has 0 spiro atoms. The van der Waals surface area contributed by atoms with Gasteiger partial charge in [0.25, 0.3) is 0 Å². The molecule has 1 heterocycles. The minimum atomic E-state index is 0.273. The molecule has 0 radical (unpaired) electrons. The topological polar surface area (TPSA) is 21.3 Å². The summed E-state index contributed by atoms with van der Waals surface area (Å²) in [5, 5.41) is 4.08. The van der Waals surface area contributed by atoms with E-state index in [2.05, 4.69) is 12.2 Å². The van der Waals surface area contributed by atoms with Crippen LogP contribution in [0.3, 0.4) is 0 Å². The molecular formula is C13H18ClNO. The lowest BCUT2D eigenvalue weighted by atomic mass is 9.99. The summed E-state index contributed by atoms with van der Waals surface area (Å²) in [6.07, 6.45) is 2.50. The second kappa shape index (κ2) is 5.55. The Kier molecular flexibility index (Phi) is 4.08. The second-order valence-electron chi connectivity index (χ2n) is 4.25. The first-order valence-corrected chi connectivity index (χ1v) is 6.31. The highest BCUT2D eigenvalue weighted by molar-refractivity contribution is 6.32. The van der Waals surface area contributed by atoms with Gasteiger partial charge in [-0.3, -0.25) is 0 Å². The minimum absolute atomic E-state index is 0.273. The lowest BCUT2D eigenvalue weighted by Crippen LogP contribution is -2.28. The van der Waals surface area contributed by atoms with Gasteiger partial charge in [0.2, 0.25) is 0 Å². The van der Waals surface area contributed by atoms with E-state index in [-0.39, 0.29) is 6.10 Å². The lowest BCUT2D eigenvalue weighted by Gasteiger charge is -2.23. The van der Waals surface area contributed by atoms with E-state index < -0.39 is 0 Å². The Hall–Kier alpha value is -0.730. The van der Waals surface area contributed by atoms with Crippen molar-refractivity contribution in [2.45, 2.75) is 25.9 Å². The van der Waals surface area contributed by atoms with Crippen molar-refractivity contribution in [3.8, 4) is 5.75 Å². The highest BCUT2D eigenvalue weighted by atomic mass is 35.5. The van der Waals surface area contributed by atoms with Gasteiger partial charge in [0.1, 0.15) is 11.9 Å². The van der Waals surface area contributed by atoms with Crippen LogP contribution in [0.2, 0.25) is 5.02 Å². The van der Waals surface area contributed by atoms with Crippen LogP contribution in [0, 0.1) is 5.92 Å². The van der Waals surface area contributed by atoms with Crippen LogP contribution in [-0.2, 0) is 0 Å². The van der Waals surface area contributed by atoms with Gasteiger partial charge in [-0.2, -0.15) is 0 Å². The van der Waals surface area contributed by atoms with E-state index in [4.69, 9.17) is 16.3 Å². The van der Waals surface area contributed by atoms with Gasteiger partial charge in [0, 0.05) is 12.5 Å². The van der Waals surface area contributed by atoms with Gasteiger partial charge in [-0.05, 0) is 31.5 Å². The van der Waals surface area contributed by atoms with Crippen molar-refractivity contribution in [2.75, 3.05) is 13.1 Å². The van der Waals surface area contributed by atoms with Gasteiger partial charge in [-0.1, -0.05) is 30.7 Å². The molecule has 16 heavy (non-hydrogen) atoms. The van der Waals surface area contributed by atoms with Crippen LogP contribution < -0.4 is 10.1 Å². The summed E-state index contributed by atoms with van der Waals surface area (Å²) in [4.78, 5) is 0. The maximum Gasteiger partial charge on any atom is 0.138 e. The van der Waals surface area contributed by atoms with Crippen LogP contribution in [0.5, 0.6) is 5.75 Å². The van der Waals surface area contributed by atoms with E-state index in [0.717, 1.165) is 25.3 Å². The van der Waals surface area contributed by atoms with E-state index in [9.17, 15) is 0 Å². The summed E-state index contributed by atoms with van der Waals surface area (Å²) in [5.41, 5.74) is 0. The number of hydrogen-bond acceptors (Lipinski definition) is 2. The van der Waals surface area contributed by atoms with Crippen molar-refractivity contribution in [3.05, 3.63) is 29.3 Å². The van der Waals surface area contributed by atoms with Crippen LogP contribution in [0.4, 0.5) is 0 Å². The molecule has 1 aromatic rings. The summed E-state index contributed by atoms with van der Waals surface area (Å²) in [5.74, 6) is 1.42. The first kappa shape index (κ1) is 11.7. The van der Waals surface area contributed by atoms with Crippen LogP contribution >= 0.6 is 11.6 Å². The molecule has 1 saturated heterocycles. The lowest BCUT2D eigenvalue weighted by molar-refractivity contribution is 0.138. The fraction of sp³-hybridized carbons (Fsp3) is 0.538. The number of halogens is 1. The van der Waals surface area contributed by atoms with Crippen molar-refractivity contribution in [3.63, 3.8) is 0 Å². The minimum Gasteiger partial charge on any atom is -0.489 e. The zero-order valence-corrected chi connectivity index (χ0v) is 10.3. The van der Waals surface area contributed by atoms with Crippen molar-refractivity contribution >= 4 is 11.6 Å². The Morgan fingerprint density at radius 2 is 2.31 bits per heavy atom. The molecule has 3 heteroatoms. The van der Waals surface area contributed by atoms with Crippen molar-refractivity contribution in [1.29, 1.82) is 0 Å². The van der Waals surface area contributed by atoms with Crippen LogP contribution in [0.1, 0.15) is 19.8 Å². The fourth-order valence-corrected chi connectivity index (χ4v) is 2.39. The second-order valence-corrected chi connectivity index (χ2v) is 4.66. The summed E-state index contributed by atoms with van der Waals surface area (Å²) in [7, 11) is 0. The molecule has 88 valence electrons. The first-order valence-electron chi connectivity index (χ1n) is 5.93. The molecule has 1 fully saturated rings. The predicted octanol–water partition coefficient (Wildman–Crippen LogP) is 3.11. The third-order valence-electron chi connectivity index (χ3n) is 3.14. The molecule has 2 nitrogen and oxygen atoms in total. The van der Waals surface area contributed by atoms with Crippen LogP contribution in [0.15, 0.2) is 24.3 Å². The van der Waals surface area contributed by atoms with Gasteiger partial charge in [-0.25, -0.2) is 0 Å². The highest BCUT2D eigenvalue weighted by Gasteiger charge is 2.25. The first-order chi connectivity index (χ1) is 7.81. The van der Waals surface area contributed by atoms with E-state index in [1.807, 2.05) is 24.3 Å². The molecular weight excluding hydrogens is 222 g/mol. The summed E-state index contributed by atoms with van der Waals surface area (Å²) < 4.78 is 6.01. The standard InChI is InChI=1S/C13H18ClNO/c1-2-12(10-7-8-15-9-10)16-13-6-4-3-5-11(13)14/h3-6,10,12,15H,2,7-9H2,1H3/t10?,12-/m0/s1. The molecule has 1 aromatic carbocycles. The molecule has 1 unspecified atom stereocenters. The molecule has 0 amide bonds. The number of nitrogens with one attached hydrogen (secondary N) is 1. The maximum absolute atomic E-state index is 6.09. The average molecular weight is 240 g/mol. The molecule has 0 aromatic heterocycles. The monoisotopic (exact) mass is 239 g/mol. The zero-order valence-electron chi connectivity index (χ0n) is 9.58. The Morgan fingerprint density at radius 1 is 1.50 bits per heavy atom. The molecule has 1 aliphatic rings. The van der Waals surface area contributed by atoms with Crippen molar-refractivity contribution in [2.24, 2.45) is 5.92 Å². The predicted molar refractivity (Wildman–Crippen MR) is 67.1 cm³/mol. The maximum atomic E-state index is 6.09. The summed E-state index contributed by atoms with van der Waals surface area (Å²) in [6.45, 7) is 4.33. The van der Waals surface area contributed by atoms with Crippen LogP contribution in [-0.4, -0.2) is 19.2 Å². The number of hydrogen-bond donors (Lipinski definition) is 1. The Morgan fingerprint density at radius 3 is 2.94 bits per heavy atom. The zero-order chi connectivity index (χ0) is 11.4. The number of rotatable bonds is 4. The van der Waals surface area contributed by atoms with Crippen LogP contribution in [0.25, 0.3) is 0 Å². The van der Waals surface area contributed by atoms with Gasteiger partial charge < -0.3 is 10.1 Å². The SMILES string of the molecule is CC[C@H](Oc1ccccc1Cl)C1CCNC1. The molecule has 2 atom stereocenters. The highest BCUT2D eigenvalue weighted by Crippen LogP contribution is 2.28. The number of para-hydroxylation sites is 1. The van der Waals surface area contributed by atoms with Gasteiger partial charge in [0.15, 0.2) is 0 Å². The van der Waals surface area contributed by atoms with Crippen molar-refractivity contribution in [1.82, 2.24) is 5.32 Å². The molecule has 0 aliphatic carbocycles. The van der Waals surface area contributed by atoms with E-state index in [1.54, 1.807) is 0 Å². The average Bonchev–Trinajstić information content (AvgIpc) is 2.81. The smallest absolute Gasteiger partial charge is 0.138 e. The van der Waals surface area contributed by atoms with E-state index >= 15 is 0 Å². The normalized spacial score (nSPS) is 22.0. The number of ether oxygens (including phenoxy) is 1. The van der Waals surface area contributed by atoms with E-state index in [1.165, 1.54) is 6.42 Å². The number of benzene rings is 1. The molecule has 0 saturated carbocycles. The van der Waals surface area contributed by atoms with Gasteiger partial charge in [-0.15, -0.1) is 0 Å². The molecule has 0 bridgehead atoms. The summed E-state index contributed by atoms with van der Waals surface area (Å²) in [6, 6.07) is 7.69.